The van der Waals surface area contributed by atoms with Crippen LogP contribution in [0.25, 0.3) is 0 Å². The number of likely N-dealkylation sites (tertiary alicyclic amines) is 1. The maximum absolute atomic E-state index is 6.53. The van der Waals surface area contributed by atoms with Crippen LogP contribution in [0.15, 0.2) is 29.3 Å². The first-order valence-electron chi connectivity index (χ1n) is 10.1. The van der Waals surface area contributed by atoms with E-state index in [2.05, 4.69) is 46.1 Å². The van der Waals surface area contributed by atoms with Crippen molar-refractivity contribution in [3.63, 3.8) is 0 Å². The van der Waals surface area contributed by atoms with Gasteiger partial charge in [0.15, 0.2) is 5.96 Å². The summed E-state index contributed by atoms with van der Waals surface area (Å²) in [6.07, 6.45) is 2.36. The van der Waals surface area contributed by atoms with Crippen LogP contribution in [0.3, 0.4) is 0 Å². The molecule has 2 aliphatic rings. The monoisotopic (exact) mass is 520 g/mol. The third-order valence-electron chi connectivity index (χ3n) is 6.11. The van der Waals surface area contributed by atoms with E-state index in [4.69, 9.17) is 16.3 Å². The Hall–Kier alpha value is -0.570. The third-order valence-corrected chi connectivity index (χ3v) is 6.45. The molecule has 1 N–H and O–H groups in total. The van der Waals surface area contributed by atoms with Crippen molar-refractivity contribution in [2.24, 2.45) is 10.4 Å². The Morgan fingerprint density at radius 1 is 1.32 bits per heavy atom. The van der Waals surface area contributed by atoms with Crippen molar-refractivity contribution in [2.75, 3.05) is 53.0 Å². The molecule has 2 atom stereocenters. The molecule has 0 saturated carbocycles. The smallest absolute Gasteiger partial charge is 0.193 e. The van der Waals surface area contributed by atoms with Gasteiger partial charge in [0, 0.05) is 43.7 Å². The van der Waals surface area contributed by atoms with Gasteiger partial charge in [-0.2, -0.15) is 0 Å². The predicted molar refractivity (Wildman–Crippen MR) is 128 cm³/mol. The molecule has 3 rings (SSSR count). The van der Waals surface area contributed by atoms with E-state index in [-0.39, 0.29) is 30.0 Å². The van der Waals surface area contributed by atoms with Crippen molar-refractivity contribution in [2.45, 2.75) is 32.7 Å². The van der Waals surface area contributed by atoms with Crippen LogP contribution in [0.5, 0.6) is 0 Å². The Labute approximate surface area is 191 Å². The normalized spacial score (nSPS) is 23.3. The maximum atomic E-state index is 6.53. The van der Waals surface area contributed by atoms with E-state index in [0.29, 0.717) is 5.41 Å². The molecule has 1 aromatic carbocycles. The molecule has 1 aromatic rings. The summed E-state index contributed by atoms with van der Waals surface area (Å²) in [6, 6.07) is 8.39. The molecule has 0 aliphatic carbocycles. The van der Waals surface area contributed by atoms with Crippen LogP contribution in [0.1, 0.15) is 38.3 Å². The van der Waals surface area contributed by atoms with E-state index in [9.17, 15) is 0 Å². The lowest BCUT2D eigenvalue weighted by atomic mass is 9.87. The molecule has 28 heavy (non-hydrogen) atoms. The second-order valence-electron chi connectivity index (χ2n) is 7.66. The van der Waals surface area contributed by atoms with Crippen molar-refractivity contribution in [3.8, 4) is 0 Å². The van der Waals surface area contributed by atoms with Crippen molar-refractivity contribution in [3.05, 3.63) is 34.9 Å². The molecule has 5 nitrogen and oxygen atoms in total. The van der Waals surface area contributed by atoms with E-state index in [1.807, 2.05) is 19.2 Å². The van der Waals surface area contributed by atoms with Gasteiger partial charge in [0.05, 0.1) is 12.6 Å². The summed E-state index contributed by atoms with van der Waals surface area (Å²) in [6.45, 7) is 11.0. The first-order valence-corrected chi connectivity index (χ1v) is 10.5. The summed E-state index contributed by atoms with van der Waals surface area (Å²) in [5.41, 5.74) is 1.51. The van der Waals surface area contributed by atoms with Crippen molar-refractivity contribution in [1.82, 2.24) is 15.1 Å². The predicted octanol–water partition coefficient (Wildman–Crippen LogP) is 4.03. The number of hydrogen-bond donors (Lipinski definition) is 1. The average molecular weight is 521 g/mol. The van der Waals surface area contributed by atoms with Crippen molar-refractivity contribution >= 4 is 41.5 Å². The first kappa shape index (κ1) is 23.7. The van der Waals surface area contributed by atoms with Gasteiger partial charge in [-0.3, -0.25) is 9.89 Å². The highest BCUT2D eigenvalue weighted by Gasteiger charge is 2.42. The zero-order valence-electron chi connectivity index (χ0n) is 17.3. The molecule has 2 heterocycles. The molecular formula is C21H34ClIN4O. The number of halogens is 2. The van der Waals surface area contributed by atoms with Gasteiger partial charge in [-0.1, -0.05) is 43.6 Å². The molecule has 2 unspecified atom stereocenters. The molecule has 0 radical (unpaired) electrons. The minimum Gasteiger partial charge on any atom is -0.381 e. The number of likely N-dealkylation sites (N-methyl/N-ethyl adjacent to an activating group) is 1. The van der Waals surface area contributed by atoms with E-state index in [0.717, 1.165) is 56.9 Å². The quantitative estimate of drug-likeness (QED) is 0.349. The Kier molecular flexibility index (Phi) is 9.31. The summed E-state index contributed by atoms with van der Waals surface area (Å²) >= 11 is 6.53. The van der Waals surface area contributed by atoms with E-state index in [1.54, 1.807) is 0 Å². The number of benzene rings is 1. The Bertz CT molecular complexity index is 647. The van der Waals surface area contributed by atoms with Crippen LogP contribution < -0.4 is 5.32 Å². The van der Waals surface area contributed by atoms with E-state index < -0.39 is 0 Å². The average Bonchev–Trinajstić information content (AvgIpc) is 3.32. The van der Waals surface area contributed by atoms with Crippen LogP contribution in [-0.4, -0.2) is 68.7 Å². The molecule has 158 valence electrons. The number of aliphatic imine (C=N–C) groups is 1. The number of hydrogen-bond acceptors (Lipinski definition) is 3. The van der Waals surface area contributed by atoms with Gasteiger partial charge < -0.3 is 15.0 Å². The highest BCUT2D eigenvalue weighted by Crippen LogP contribution is 2.38. The van der Waals surface area contributed by atoms with E-state index in [1.165, 1.54) is 18.4 Å². The molecule has 0 amide bonds. The fourth-order valence-electron chi connectivity index (χ4n) is 4.45. The Morgan fingerprint density at radius 2 is 2.07 bits per heavy atom. The van der Waals surface area contributed by atoms with Gasteiger partial charge in [0.1, 0.15) is 0 Å². The zero-order chi connectivity index (χ0) is 19.3. The number of nitrogens with zero attached hydrogens (tertiary/aromatic N) is 3. The highest BCUT2D eigenvalue weighted by molar-refractivity contribution is 14.0. The summed E-state index contributed by atoms with van der Waals surface area (Å²) < 4.78 is 5.67. The van der Waals surface area contributed by atoms with Crippen LogP contribution >= 0.6 is 35.6 Å². The summed E-state index contributed by atoms with van der Waals surface area (Å²) in [5.74, 6) is 0.989. The highest BCUT2D eigenvalue weighted by atomic mass is 127. The molecule has 7 heteroatoms. The van der Waals surface area contributed by atoms with Crippen molar-refractivity contribution in [1.29, 1.82) is 0 Å². The van der Waals surface area contributed by atoms with Crippen molar-refractivity contribution < 1.29 is 4.74 Å². The van der Waals surface area contributed by atoms with Crippen LogP contribution in [0.4, 0.5) is 0 Å². The summed E-state index contributed by atoms with van der Waals surface area (Å²) in [5, 5.41) is 4.46. The fourth-order valence-corrected chi connectivity index (χ4v) is 4.71. The summed E-state index contributed by atoms with van der Waals surface area (Å²) in [4.78, 5) is 9.39. The molecule has 2 saturated heterocycles. The van der Waals surface area contributed by atoms with Crippen LogP contribution in [0.2, 0.25) is 5.02 Å². The van der Waals surface area contributed by atoms with Gasteiger partial charge in [0.25, 0.3) is 0 Å². The topological polar surface area (TPSA) is 40.1 Å². The van der Waals surface area contributed by atoms with Gasteiger partial charge in [-0.15, -0.1) is 24.0 Å². The summed E-state index contributed by atoms with van der Waals surface area (Å²) in [7, 11) is 1.88. The lowest BCUT2D eigenvalue weighted by Gasteiger charge is -2.32. The second-order valence-corrected chi connectivity index (χ2v) is 8.07. The van der Waals surface area contributed by atoms with E-state index >= 15 is 0 Å². The van der Waals surface area contributed by atoms with Gasteiger partial charge in [-0.05, 0) is 37.6 Å². The standard InChI is InChI=1S/C21H33ClN4O.HI/c1-4-25(5-2)19(17-8-6-7-9-18(17)22)14-24-20(23-3)26-12-10-21(15-26)11-13-27-16-21;/h6-9,19H,4-5,10-16H2,1-3H3,(H,23,24);1H. The first-order chi connectivity index (χ1) is 13.1. The minimum absolute atomic E-state index is 0. The molecule has 2 fully saturated rings. The molecule has 0 bridgehead atoms. The Balaban J connectivity index is 0.00000280. The molecular weight excluding hydrogens is 487 g/mol. The Morgan fingerprint density at radius 3 is 2.68 bits per heavy atom. The van der Waals surface area contributed by atoms with Gasteiger partial charge in [-0.25, -0.2) is 0 Å². The van der Waals surface area contributed by atoms with Gasteiger partial charge in [0.2, 0.25) is 0 Å². The SMILES string of the molecule is CCN(CC)C(CNC(=NC)N1CCC2(CCOC2)C1)c1ccccc1Cl.I. The lowest BCUT2D eigenvalue weighted by molar-refractivity contribution is 0.156. The second kappa shape index (κ2) is 11.0. The molecule has 2 aliphatic heterocycles. The number of guanidine groups is 1. The minimum atomic E-state index is 0. The van der Waals surface area contributed by atoms with Gasteiger partial charge >= 0.3 is 0 Å². The third kappa shape index (κ3) is 5.32. The zero-order valence-corrected chi connectivity index (χ0v) is 20.4. The maximum Gasteiger partial charge on any atom is 0.193 e. The fraction of sp³-hybridized carbons (Fsp3) is 0.667. The molecule has 1 spiro atoms. The van der Waals surface area contributed by atoms with Crippen LogP contribution in [0, 0.1) is 5.41 Å². The number of rotatable bonds is 6. The molecule has 0 aromatic heterocycles. The van der Waals surface area contributed by atoms with Crippen LogP contribution in [-0.2, 0) is 4.74 Å². The number of nitrogens with one attached hydrogen (secondary N) is 1. The largest absolute Gasteiger partial charge is 0.381 e. The number of ether oxygens (including phenoxy) is 1. The lowest BCUT2D eigenvalue weighted by Crippen LogP contribution is -2.45.